The van der Waals surface area contributed by atoms with Gasteiger partial charge in [0.15, 0.2) is 0 Å². The second-order valence-electron chi connectivity index (χ2n) is 7.17. The molecular formula is C19H28FN5O. The van der Waals surface area contributed by atoms with E-state index in [9.17, 15) is 9.18 Å². The normalized spacial score (nSPS) is 24.1. The molecule has 1 saturated heterocycles. The first kappa shape index (κ1) is 18.6. The minimum atomic E-state index is -0.794. The van der Waals surface area contributed by atoms with Gasteiger partial charge in [-0.1, -0.05) is 19.4 Å². The number of amides is 1. The Morgan fingerprint density at radius 2 is 2.15 bits per heavy atom. The molecule has 3 aliphatic rings. The molecule has 0 radical (unpaired) electrons. The summed E-state index contributed by atoms with van der Waals surface area (Å²) in [7, 11) is 0. The van der Waals surface area contributed by atoms with Crippen molar-refractivity contribution in [3.8, 4) is 0 Å². The molecule has 1 N–H and O–H groups in total. The molecule has 6 nitrogen and oxygen atoms in total. The Bertz CT molecular complexity index is 675. The second-order valence-corrected chi connectivity index (χ2v) is 7.17. The average molecular weight is 361 g/mol. The predicted molar refractivity (Wildman–Crippen MR) is 102 cm³/mol. The monoisotopic (exact) mass is 361 g/mol. The van der Waals surface area contributed by atoms with Crippen molar-refractivity contribution in [2.24, 2.45) is 16.1 Å². The molecule has 3 rings (SSSR count). The van der Waals surface area contributed by atoms with E-state index in [2.05, 4.69) is 29.4 Å². The van der Waals surface area contributed by atoms with Gasteiger partial charge in [0, 0.05) is 25.2 Å². The molecule has 0 aromatic rings. The van der Waals surface area contributed by atoms with Crippen LogP contribution in [0, 0.1) is 5.92 Å². The van der Waals surface area contributed by atoms with Crippen LogP contribution in [-0.2, 0) is 4.79 Å². The molecule has 1 amide bonds. The van der Waals surface area contributed by atoms with Gasteiger partial charge in [0.2, 0.25) is 0 Å². The van der Waals surface area contributed by atoms with Crippen LogP contribution in [0.3, 0.4) is 0 Å². The minimum absolute atomic E-state index is 0.0380. The summed E-state index contributed by atoms with van der Waals surface area (Å²) >= 11 is 0. The summed E-state index contributed by atoms with van der Waals surface area (Å²) in [4.78, 5) is 16.8. The molecule has 0 aromatic heterocycles. The maximum atomic E-state index is 13.2. The zero-order valence-corrected chi connectivity index (χ0v) is 15.8. The van der Waals surface area contributed by atoms with Crippen LogP contribution < -0.4 is 5.32 Å². The molecule has 1 fully saturated rings. The Morgan fingerprint density at radius 1 is 1.38 bits per heavy atom. The van der Waals surface area contributed by atoms with Gasteiger partial charge in [0.1, 0.15) is 17.7 Å². The van der Waals surface area contributed by atoms with E-state index in [4.69, 9.17) is 0 Å². The molecule has 1 unspecified atom stereocenters. The van der Waals surface area contributed by atoms with Crippen LogP contribution in [0.4, 0.5) is 4.39 Å². The van der Waals surface area contributed by atoms with Gasteiger partial charge in [-0.2, -0.15) is 0 Å². The van der Waals surface area contributed by atoms with Crippen LogP contribution >= 0.6 is 0 Å². The molecule has 0 saturated carbocycles. The van der Waals surface area contributed by atoms with Crippen LogP contribution in [0.2, 0.25) is 0 Å². The van der Waals surface area contributed by atoms with Crippen LogP contribution in [-0.4, -0.2) is 59.6 Å². The lowest BCUT2D eigenvalue weighted by Gasteiger charge is -2.38. The highest BCUT2D eigenvalue weighted by molar-refractivity contribution is 6.44. The molecule has 1 atom stereocenters. The van der Waals surface area contributed by atoms with E-state index < -0.39 is 6.17 Å². The van der Waals surface area contributed by atoms with Crippen molar-refractivity contribution in [1.82, 2.24) is 15.1 Å². The topological polar surface area (TPSA) is 60.3 Å². The van der Waals surface area contributed by atoms with Gasteiger partial charge in [0.05, 0.1) is 19.0 Å². The quantitative estimate of drug-likeness (QED) is 0.818. The largest absolute Gasteiger partial charge is 0.365 e. The van der Waals surface area contributed by atoms with Crippen molar-refractivity contribution in [3.05, 3.63) is 23.5 Å². The lowest BCUT2D eigenvalue weighted by molar-refractivity contribution is -0.124. The zero-order valence-electron chi connectivity index (χ0n) is 15.8. The highest BCUT2D eigenvalue weighted by Gasteiger charge is 2.40. The number of amidine groups is 1. The van der Waals surface area contributed by atoms with Gasteiger partial charge in [0.25, 0.3) is 5.91 Å². The van der Waals surface area contributed by atoms with Crippen molar-refractivity contribution >= 4 is 17.5 Å². The maximum Gasteiger partial charge on any atom is 0.271 e. The molecule has 0 aliphatic carbocycles. The smallest absolute Gasteiger partial charge is 0.271 e. The standard InChI is InChI=1S/C19H28FN5O/c1-4-6-15-17(22-23-18(15)25-11-14(20)12-25)19(26)24-9-7-16(13(3)10-24)21-8-5-2/h5,8,14-15,21H,4,6-7,9-12H2,1-3H3/b8-5-. The number of likely N-dealkylation sites (tertiary alicyclic amines) is 1. The van der Waals surface area contributed by atoms with Crippen LogP contribution in [0.15, 0.2) is 33.7 Å². The zero-order chi connectivity index (χ0) is 18.7. The first-order valence-electron chi connectivity index (χ1n) is 9.45. The summed E-state index contributed by atoms with van der Waals surface area (Å²) in [6.07, 6.45) is 5.62. The first-order chi connectivity index (χ1) is 12.5. The van der Waals surface area contributed by atoms with Gasteiger partial charge in [-0.05, 0) is 32.0 Å². The van der Waals surface area contributed by atoms with Crippen LogP contribution in [0.25, 0.3) is 0 Å². The number of carbonyl (C=O) groups excluding carboxylic acids is 1. The molecule has 0 spiro atoms. The summed E-state index contributed by atoms with van der Waals surface area (Å²) in [5, 5.41) is 11.8. The van der Waals surface area contributed by atoms with E-state index >= 15 is 0 Å². The Labute approximate surface area is 154 Å². The third-order valence-corrected chi connectivity index (χ3v) is 5.15. The number of allylic oxidation sites excluding steroid dienone is 1. The van der Waals surface area contributed by atoms with Gasteiger partial charge < -0.3 is 15.1 Å². The summed E-state index contributed by atoms with van der Waals surface area (Å²) < 4.78 is 13.2. The SMILES string of the molecule is C/C=C\NC1=C(C)CN(C(=O)C2=NN=C(N3CC(F)C3)C2CCC)CC1. The molecule has 0 bridgehead atoms. The number of nitrogens with one attached hydrogen (secondary N) is 1. The van der Waals surface area contributed by atoms with E-state index in [-0.39, 0.29) is 11.8 Å². The van der Waals surface area contributed by atoms with Gasteiger partial charge in [-0.15, -0.1) is 10.2 Å². The summed E-state index contributed by atoms with van der Waals surface area (Å²) in [6.45, 7) is 8.09. The fourth-order valence-electron chi connectivity index (χ4n) is 3.64. The number of nitrogens with zero attached hydrogens (tertiary/aromatic N) is 4. The summed E-state index contributed by atoms with van der Waals surface area (Å²) in [5.74, 6) is 0.625. The Kier molecular flexibility index (Phi) is 5.74. The van der Waals surface area contributed by atoms with Crippen molar-refractivity contribution < 1.29 is 9.18 Å². The lowest BCUT2D eigenvalue weighted by Crippen LogP contribution is -2.54. The number of carbonyl (C=O) groups is 1. The number of rotatable bonds is 5. The average Bonchev–Trinajstić information content (AvgIpc) is 3.01. The summed E-state index contributed by atoms with van der Waals surface area (Å²) in [5.41, 5.74) is 2.86. The Hall–Kier alpha value is -2.18. The highest BCUT2D eigenvalue weighted by atomic mass is 19.1. The fraction of sp³-hybridized carbons (Fsp3) is 0.632. The maximum absolute atomic E-state index is 13.2. The van der Waals surface area contributed by atoms with Gasteiger partial charge in [-0.3, -0.25) is 4.79 Å². The molecular weight excluding hydrogens is 333 g/mol. The van der Waals surface area contributed by atoms with Crippen molar-refractivity contribution in [1.29, 1.82) is 0 Å². The van der Waals surface area contributed by atoms with Crippen molar-refractivity contribution in [3.63, 3.8) is 0 Å². The number of halogens is 1. The Morgan fingerprint density at radius 3 is 2.77 bits per heavy atom. The van der Waals surface area contributed by atoms with Gasteiger partial charge in [-0.25, -0.2) is 4.39 Å². The Balaban J connectivity index is 1.67. The molecule has 0 aromatic carbocycles. The second kappa shape index (κ2) is 8.01. The van der Waals surface area contributed by atoms with Crippen molar-refractivity contribution in [2.75, 3.05) is 26.2 Å². The minimum Gasteiger partial charge on any atom is -0.365 e. The highest BCUT2D eigenvalue weighted by Crippen LogP contribution is 2.26. The molecule has 3 aliphatic heterocycles. The lowest BCUT2D eigenvalue weighted by atomic mass is 9.93. The van der Waals surface area contributed by atoms with E-state index in [1.54, 1.807) is 0 Å². The van der Waals surface area contributed by atoms with Crippen molar-refractivity contribution in [2.45, 2.75) is 46.2 Å². The number of hydrogen-bond acceptors (Lipinski definition) is 5. The fourth-order valence-corrected chi connectivity index (χ4v) is 3.64. The third kappa shape index (κ3) is 3.66. The van der Waals surface area contributed by atoms with E-state index in [0.717, 1.165) is 30.7 Å². The van der Waals surface area contributed by atoms with E-state index in [1.165, 1.54) is 5.70 Å². The van der Waals surface area contributed by atoms with Gasteiger partial charge >= 0.3 is 0 Å². The third-order valence-electron chi connectivity index (χ3n) is 5.15. The molecule has 142 valence electrons. The van der Waals surface area contributed by atoms with Crippen LogP contribution in [0.5, 0.6) is 0 Å². The predicted octanol–water partition coefficient (Wildman–Crippen LogP) is 2.45. The van der Waals surface area contributed by atoms with E-state index in [1.807, 2.05) is 29.0 Å². The van der Waals surface area contributed by atoms with Crippen LogP contribution in [0.1, 0.15) is 40.0 Å². The molecule has 3 heterocycles. The van der Waals surface area contributed by atoms with E-state index in [0.29, 0.717) is 31.9 Å². The molecule has 7 heteroatoms. The molecule has 26 heavy (non-hydrogen) atoms. The number of hydrogen-bond donors (Lipinski definition) is 1. The first-order valence-corrected chi connectivity index (χ1v) is 9.45. The number of alkyl halides is 1. The summed E-state index contributed by atoms with van der Waals surface area (Å²) in [6, 6.07) is 0.